The SMILES string of the molecule is CCNC(=O)c1ccc(NCC(C)(C)C(=O)NC)nn1. The first-order valence-corrected chi connectivity index (χ1v) is 6.48. The quantitative estimate of drug-likeness (QED) is 0.701. The molecule has 1 rings (SSSR count). The van der Waals surface area contributed by atoms with Crippen LogP contribution < -0.4 is 16.0 Å². The summed E-state index contributed by atoms with van der Waals surface area (Å²) in [6, 6.07) is 3.25. The van der Waals surface area contributed by atoms with E-state index in [0.29, 0.717) is 18.9 Å². The van der Waals surface area contributed by atoms with Gasteiger partial charge >= 0.3 is 0 Å². The van der Waals surface area contributed by atoms with Crippen molar-refractivity contribution in [3.63, 3.8) is 0 Å². The van der Waals surface area contributed by atoms with Crippen LogP contribution in [0.2, 0.25) is 0 Å². The molecule has 110 valence electrons. The lowest BCUT2D eigenvalue weighted by molar-refractivity contribution is -0.128. The largest absolute Gasteiger partial charge is 0.368 e. The number of anilines is 1. The van der Waals surface area contributed by atoms with Crippen LogP contribution in [-0.2, 0) is 4.79 Å². The van der Waals surface area contributed by atoms with Crippen molar-refractivity contribution in [3.8, 4) is 0 Å². The first-order valence-electron chi connectivity index (χ1n) is 6.48. The summed E-state index contributed by atoms with van der Waals surface area (Å²) in [5, 5.41) is 16.0. The smallest absolute Gasteiger partial charge is 0.271 e. The lowest BCUT2D eigenvalue weighted by Crippen LogP contribution is -2.39. The zero-order valence-electron chi connectivity index (χ0n) is 12.3. The van der Waals surface area contributed by atoms with Gasteiger partial charge in [0.05, 0.1) is 5.41 Å². The topological polar surface area (TPSA) is 96.0 Å². The maximum atomic E-state index is 11.6. The Morgan fingerprint density at radius 1 is 1.25 bits per heavy atom. The van der Waals surface area contributed by atoms with Gasteiger partial charge in [-0.1, -0.05) is 0 Å². The van der Waals surface area contributed by atoms with Crippen molar-refractivity contribution < 1.29 is 9.59 Å². The second-order valence-electron chi connectivity index (χ2n) is 4.98. The van der Waals surface area contributed by atoms with E-state index in [9.17, 15) is 9.59 Å². The molecule has 0 atom stereocenters. The van der Waals surface area contributed by atoms with Gasteiger partial charge in [-0.3, -0.25) is 9.59 Å². The van der Waals surface area contributed by atoms with Crippen LogP contribution in [0.15, 0.2) is 12.1 Å². The molecule has 0 fully saturated rings. The fourth-order valence-corrected chi connectivity index (χ4v) is 1.53. The number of hydrogen-bond donors (Lipinski definition) is 3. The van der Waals surface area contributed by atoms with Gasteiger partial charge in [0.25, 0.3) is 5.91 Å². The van der Waals surface area contributed by atoms with E-state index in [2.05, 4.69) is 26.1 Å². The van der Waals surface area contributed by atoms with E-state index in [0.717, 1.165) is 0 Å². The van der Waals surface area contributed by atoms with Crippen molar-refractivity contribution in [2.24, 2.45) is 5.41 Å². The van der Waals surface area contributed by atoms with Crippen LogP contribution in [0.1, 0.15) is 31.3 Å². The molecule has 0 aliphatic rings. The molecule has 0 spiro atoms. The Labute approximate surface area is 118 Å². The summed E-state index contributed by atoms with van der Waals surface area (Å²) in [5.41, 5.74) is -0.294. The third-order valence-electron chi connectivity index (χ3n) is 2.79. The van der Waals surface area contributed by atoms with Crippen LogP contribution in [0.3, 0.4) is 0 Å². The first-order chi connectivity index (χ1) is 9.40. The fourth-order valence-electron chi connectivity index (χ4n) is 1.53. The number of nitrogens with one attached hydrogen (secondary N) is 3. The van der Waals surface area contributed by atoms with E-state index < -0.39 is 5.41 Å². The number of hydrogen-bond acceptors (Lipinski definition) is 5. The first kappa shape index (κ1) is 15.9. The Bertz CT molecular complexity index is 470. The van der Waals surface area contributed by atoms with Gasteiger partial charge in [-0.05, 0) is 32.9 Å². The lowest BCUT2D eigenvalue weighted by atomic mass is 9.92. The van der Waals surface area contributed by atoms with E-state index in [1.165, 1.54) is 0 Å². The van der Waals surface area contributed by atoms with Gasteiger partial charge in [-0.15, -0.1) is 10.2 Å². The summed E-state index contributed by atoms with van der Waals surface area (Å²) in [7, 11) is 1.60. The molecule has 1 heterocycles. The molecule has 20 heavy (non-hydrogen) atoms. The Balaban J connectivity index is 2.62. The maximum Gasteiger partial charge on any atom is 0.271 e. The zero-order chi connectivity index (χ0) is 15.2. The van der Waals surface area contributed by atoms with Gasteiger partial charge in [0, 0.05) is 20.1 Å². The fraction of sp³-hybridized carbons (Fsp3) is 0.538. The second kappa shape index (κ2) is 6.83. The summed E-state index contributed by atoms with van der Waals surface area (Å²) >= 11 is 0. The summed E-state index contributed by atoms with van der Waals surface area (Å²) in [5.74, 6) is 0.212. The molecule has 7 heteroatoms. The van der Waals surface area contributed by atoms with Crippen LogP contribution >= 0.6 is 0 Å². The van der Waals surface area contributed by atoms with Crippen LogP contribution in [0.25, 0.3) is 0 Å². The number of carbonyl (C=O) groups is 2. The number of amides is 2. The highest BCUT2D eigenvalue weighted by Crippen LogP contribution is 2.15. The minimum atomic E-state index is -0.561. The van der Waals surface area contributed by atoms with E-state index in [1.807, 2.05) is 20.8 Å². The van der Waals surface area contributed by atoms with Crippen molar-refractivity contribution in [3.05, 3.63) is 17.8 Å². The molecular formula is C13H21N5O2. The Hall–Kier alpha value is -2.18. The monoisotopic (exact) mass is 279 g/mol. The number of rotatable bonds is 6. The second-order valence-corrected chi connectivity index (χ2v) is 4.98. The Morgan fingerprint density at radius 2 is 1.95 bits per heavy atom. The number of aromatic nitrogens is 2. The normalized spacial score (nSPS) is 10.8. The van der Waals surface area contributed by atoms with Gasteiger partial charge in [-0.2, -0.15) is 0 Å². The van der Waals surface area contributed by atoms with E-state index in [1.54, 1.807) is 19.2 Å². The van der Waals surface area contributed by atoms with Crippen molar-refractivity contribution >= 4 is 17.6 Å². The van der Waals surface area contributed by atoms with Crippen molar-refractivity contribution in [2.45, 2.75) is 20.8 Å². The number of carbonyl (C=O) groups excluding carboxylic acids is 2. The summed E-state index contributed by atoms with van der Waals surface area (Å²) in [6.45, 7) is 6.45. The average Bonchev–Trinajstić information content (AvgIpc) is 2.45. The predicted octanol–water partition coefficient (Wildman–Crippen LogP) is 0.410. The van der Waals surface area contributed by atoms with E-state index in [4.69, 9.17) is 0 Å². The molecule has 0 bridgehead atoms. The highest BCUT2D eigenvalue weighted by Gasteiger charge is 2.26. The lowest BCUT2D eigenvalue weighted by Gasteiger charge is -2.22. The summed E-state index contributed by atoms with van der Waals surface area (Å²) in [6.07, 6.45) is 0. The van der Waals surface area contributed by atoms with Gasteiger partial charge in [0.2, 0.25) is 5.91 Å². The van der Waals surface area contributed by atoms with Crippen molar-refractivity contribution in [1.82, 2.24) is 20.8 Å². The van der Waals surface area contributed by atoms with Gasteiger partial charge < -0.3 is 16.0 Å². The van der Waals surface area contributed by atoms with E-state index in [-0.39, 0.29) is 17.5 Å². The molecule has 2 amide bonds. The van der Waals surface area contributed by atoms with Gasteiger partial charge in [-0.25, -0.2) is 0 Å². The van der Waals surface area contributed by atoms with Crippen molar-refractivity contribution in [2.75, 3.05) is 25.5 Å². The molecule has 0 aromatic carbocycles. The molecule has 1 aromatic rings. The molecular weight excluding hydrogens is 258 g/mol. The third kappa shape index (κ3) is 4.18. The van der Waals surface area contributed by atoms with Gasteiger partial charge in [0.15, 0.2) is 5.69 Å². The maximum absolute atomic E-state index is 11.6. The third-order valence-corrected chi connectivity index (χ3v) is 2.79. The van der Waals surface area contributed by atoms with Crippen LogP contribution in [0, 0.1) is 5.41 Å². The van der Waals surface area contributed by atoms with E-state index >= 15 is 0 Å². The van der Waals surface area contributed by atoms with Crippen LogP contribution in [0.4, 0.5) is 5.82 Å². The predicted molar refractivity (Wildman–Crippen MR) is 76.4 cm³/mol. The molecule has 3 N–H and O–H groups in total. The standard InChI is InChI=1S/C13H21N5O2/c1-5-15-11(19)9-6-7-10(18-17-9)16-8-13(2,3)12(20)14-4/h6-7H,5,8H2,1-4H3,(H,14,20)(H,15,19)(H,16,18). The molecule has 0 aliphatic heterocycles. The Morgan fingerprint density at radius 3 is 2.45 bits per heavy atom. The van der Waals surface area contributed by atoms with Gasteiger partial charge in [0.1, 0.15) is 5.82 Å². The molecule has 0 aliphatic carbocycles. The highest BCUT2D eigenvalue weighted by molar-refractivity contribution is 5.92. The van der Waals surface area contributed by atoms with Crippen molar-refractivity contribution in [1.29, 1.82) is 0 Å². The highest BCUT2D eigenvalue weighted by atomic mass is 16.2. The molecule has 0 unspecified atom stereocenters. The zero-order valence-corrected chi connectivity index (χ0v) is 12.3. The summed E-state index contributed by atoms with van der Waals surface area (Å²) < 4.78 is 0. The minimum Gasteiger partial charge on any atom is -0.368 e. The van der Waals surface area contributed by atoms with Crippen LogP contribution in [-0.4, -0.2) is 42.1 Å². The minimum absolute atomic E-state index is 0.0584. The summed E-state index contributed by atoms with van der Waals surface area (Å²) in [4.78, 5) is 23.1. The molecule has 0 radical (unpaired) electrons. The average molecular weight is 279 g/mol. The molecule has 1 aromatic heterocycles. The molecule has 0 saturated carbocycles. The molecule has 0 saturated heterocycles. The Kier molecular flexibility index (Phi) is 5.42. The van der Waals surface area contributed by atoms with Crippen LogP contribution in [0.5, 0.6) is 0 Å². The molecule has 7 nitrogen and oxygen atoms in total. The number of nitrogens with zero attached hydrogens (tertiary/aromatic N) is 2.